The van der Waals surface area contributed by atoms with Crippen molar-refractivity contribution in [2.45, 2.75) is 46.1 Å². The molecule has 0 amide bonds. The molecule has 5 rings (SSSR count). The molecule has 1 aliphatic rings. The van der Waals surface area contributed by atoms with E-state index in [1.807, 2.05) is 32.9 Å². The van der Waals surface area contributed by atoms with Crippen molar-refractivity contribution in [2.75, 3.05) is 33.4 Å². The number of fused-ring (bicyclic) bond motifs is 1. The lowest BCUT2D eigenvalue weighted by Gasteiger charge is -2.26. The lowest BCUT2D eigenvalue weighted by atomic mass is 9.97. The van der Waals surface area contributed by atoms with Gasteiger partial charge >= 0.3 is 6.09 Å². The van der Waals surface area contributed by atoms with Crippen LogP contribution in [0.2, 0.25) is 0 Å². The lowest BCUT2D eigenvalue weighted by Crippen LogP contribution is -2.35. The summed E-state index contributed by atoms with van der Waals surface area (Å²) in [6, 6.07) is 20.7. The number of morpholine rings is 1. The second-order valence-corrected chi connectivity index (χ2v) is 11.2. The van der Waals surface area contributed by atoms with Crippen molar-refractivity contribution in [3.05, 3.63) is 77.6 Å². The number of aromatic nitrogens is 2. The summed E-state index contributed by atoms with van der Waals surface area (Å²) in [7, 11) is 1.43. The van der Waals surface area contributed by atoms with E-state index in [1.54, 1.807) is 6.92 Å². The fourth-order valence-corrected chi connectivity index (χ4v) is 5.06. The smallest absolute Gasteiger partial charge is 0.420 e. The predicted octanol–water partition coefficient (Wildman–Crippen LogP) is 5.93. The van der Waals surface area contributed by atoms with Crippen LogP contribution in [0.15, 0.2) is 60.7 Å². The van der Waals surface area contributed by atoms with Crippen LogP contribution >= 0.6 is 0 Å². The highest BCUT2D eigenvalue weighted by atomic mass is 16.6. The Hall–Kier alpha value is -3.56. The minimum Gasteiger partial charge on any atom is -0.443 e. The number of aryl methyl sites for hydroxylation is 1. The first-order valence-electron chi connectivity index (χ1n) is 13.6. The van der Waals surface area contributed by atoms with Gasteiger partial charge in [0.25, 0.3) is 0 Å². The zero-order valence-corrected chi connectivity index (χ0v) is 23.8. The van der Waals surface area contributed by atoms with Gasteiger partial charge in [0.1, 0.15) is 11.4 Å². The van der Waals surface area contributed by atoms with Crippen molar-refractivity contribution >= 4 is 17.1 Å². The van der Waals surface area contributed by atoms with Crippen molar-refractivity contribution in [1.82, 2.24) is 14.5 Å². The molecule has 8 heteroatoms. The molecule has 2 heterocycles. The van der Waals surface area contributed by atoms with Gasteiger partial charge in [-0.2, -0.15) is 0 Å². The molecule has 0 aliphatic carbocycles. The number of ether oxygens (including phenoxy) is 3. The summed E-state index contributed by atoms with van der Waals surface area (Å²) < 4.78 is 17.8. The molecule has 1 fully saturated rings. The van der Waals surface area contributed by atoms with Gasteiger partial charge in [-0.05, 0) is 73.7 Å². The molecular weight excluding hydrogens is 506 g/mol. The van der Waals surface area contributed by atoms with E-state index in [0.29, 0.717) is 22.4 Å². The lowest BCUT2D eigenvalue weighted by molar-refractivity contribution is -0.0759. The molecule has 0 saturated carbocycles. The third-order valence-corrected chi connectivity index (χ3v) is 7.01. The summed E-state index contributed by atoms with van der Waals surface area (Å²) in [5.74, 6) is 0.471. The van der Waals surface area contributed by atoms with Gasteiger partial charge in [0.2, 0.25) is 0 Å². The van der Waals surface area contributed by atoms with Crippen LogP contribution < -0.4 is 0 Å². The molecule has 210 valence electrons. The number of hydrogen-bond donors (Lipinski definition) is 1. The van der Waals surface area contributed by atoms with Crippen LogP contribution in [0, 0.1) is 6.92 Å². The fourth-order valence-electron chi connectivity index (χ4n) is 5.06. The molecule has 1 atom stereocenters. The van der Waals surface area contributed by atoms with Crippen molar-refractivity contribution < 1.29 is 24.1 Å². The highest BCUT2D eigenvalue weighted by Gasteiger charge is 2.25. The SMILES string of the molecule is COC(O)c1cc(-c2ccc(-c3cccc(CN4CCOCC4)c3)cc2)cc2c1nc(C)n2C(=O)OC(C)(C)C. The van der Waals surface area contributed by atoms with Crippen LogP contribution in [0.5, 0.6) is 0 Å². The molecule has 1 unspecified atom stereocenters. The van der Waals surface area contributed by atoms with Gasteiger partial charge in [-0.3, -0.25) is 4.90 Å². The Morgan fingerprint density at radius 3 is 2.33 bits per heavy atom. The Morgan fingerprint density at radius 1 is 1.00 bits per heavy atom. The van der Waals surface area contributed by atoms with Gasteiger partial charge < -0.3 is 19.3 Å². The minimum atomic E-state index is -1.20. The van der Waals surface area contributed by atoms with E-state index in [2.05, 4.69) is 58.4 Å². The number of aliphatic hydroxyl groups is 1. The number of hydrogen-bond acceptors (Lipinski definition) is 7. The van der Waals surface area contributed by atoms with Crippen LogP contribution in [-0.2, 0) is 20.8 Å². The molecule has 1 saturated heterocycles. The van der Waals surface area contributed by atoms with Crippen molar-refractivity contribution in [3.63, 3.8) is 0 Å². The topological polar surface area (TPSA) is 86.1 Å². The first-order valence-corrected chi connectivity index (χ1v) is 13.6. The molecule has 1 aromatic heterocycles. The molecule has 0 radical (unpaired) electrons. The first-order chi connectivity index (χ1) is 19.1. The molecule has 3 aromatic carbocycles. The van der Waals surface area contributed by atoms with Crippen LogP contribution in [0.4, 0.5) is 4.79 Å². The highest BCUT2D eigenvalue weighted by molar-refractivity contribution is 5.93. The van der Waals surface area contributed by atoms with Crippen molar-refractivity contribution in [1.29, 1.82) is 0 Å². The molecule has 1 aliphatic heterocycles. The van der Waals surface area contributed by atoms with Gasteiger partial charge in [-0.25, -0.2) is 14.3 Å². The first kappa shape index (κ1) is 28.0. The van der Waals surface area contributed by atoms with E-state index in [9.17, 15) is 9.90 Å². The van der Waals surface area contributed by atoms with E-state index in [-0.39, 0.29) is 0 Å². The normalized spacial score (nSPS) is 15.3. The molecular formula is C32H37N3O5. The summed E-state index contributed by atoms with van der Waals surface area (Å²) >= 11 is 0. The summed E-state index contributed by atoms with van der Waals surface area (Å²) in [4.78, 5) is 20.1. The maximum absolute atomic E-state index is 13.1. The van der Waals surface area contributed by atoms with E-state index < -0.39 is 18.0 Å². The molecule has 0 spiro atoms. The fraction of sp³-hybridized carbons (Fsp3) is 0.375. The third kappa shape index (κ3) is 6.10. The molecule has 40 heavy (non-hydrogen) atoms. The predicted molar refractivity (Wildman–Crippen MR) is 155 cm³/mol. The number of carbonyl (C=O) groups is 1. The van der Waals surface area contributed by atoms with Gasteiger partial charge in [0, 0.05) is 32.3 Å². The van der Waals surface area contributed by atoms with E-state index in [4.69, 9.17) is 14.2 Å². The Labute approximate surface area is 235 Å². The van der Waals surface area contributed by atoms with Crippen LogP contribution in [0.1, 0.15) is 44.0 Å². The number of methoxy groups -OCH3 is 1. The Kier molecular flexibility index (Phi) is 8.05. The second kappa shape index (κ2) is 11.5. The Morgan fingerprint density at radius 2 is 1.68 bits per heavy atom. The van der Waals surface area contributed by atoms with Crippen LogP contribution in [-0.4, -0.2) is 64.7 Å². The number of aliphatic hydroxyl groups excluding tert-OH is 1. The van der Waals surface area contributed by atoms with Crippen LogP contribution in [0.3, 0.4) is 0 Å². The average molecular weight is 544 g/mol. The van der Waals surface area contributed by atoms with Gasteiger partial charge in [0.05, 0.1) is 24.2 Å². The van der Waals surface area contributed by atoms with E-state index >= 15 is 0 Å². The monoisotopic (exact) mass is 543 g/mol. The largest absolute Gasteiger partial charge is 0.443 e. The van der Waals surface area contributed by atoms with Gasteiger partial charge in [-0.1, -0.05) is 42.5 Å². The van der Waals surface area contributed by atoms with E-state index in [1.165, 1.54) is 17.2 Å². The number of nitrogens with zero attached hydrogens (tertiary/aromatic N) is 3. The highest BCUT2D eigenvalue weighted by Crippen LogP contribution is 2.33. The number of benzene rings is 3. The van der Waals surface area contributed by atoms with Gasteiger partial charge in [0.15, 0.2) is 6.29 Å². The third-order valence-electron chi connectivity index (χ3n) is 7.01. The number of carbonyl (C=O) groups excluding carboxylic acids is 1. The molecule has 1 N–H and O–H groups in total. The minimum absolute atomic E-state index is 0.471. The Balaban J connectivity index is 1.49. The Bertz CT molecular complexity index is 1500. The maximum atomic E-state index is 13.1. The summed E-state index contributed by atoms with van der Waals surface area (Å²) in [6.07, 6.45) is -1.72. The van der Waals surface area contributed by atoms with Gasteiger partial charge in [-0.15, -0.1) is 0 Å². The summed E-state index contributed by atoms with van der Waals surface area (Å²) in [6.45, 7) is 11.6. The molecule has 8 nitrogen and oxygen atoms in total. The summed E-state index contributed by atoms with van der Waals surface area (Å²) in [5.41, 5.74) is 6.18. The maximum Gasteiger partial charge on any atom is 0.420 e. The number of rotatable bonds is 6. The van der Waals surface area contributed by atoms with Crippen molar-refractivity contribution in [3.8, 4) is 22.3 Å². The second-order valence-electron chi connectivity index (χ2n) is 11.2. The standard InChI is InChI=1S/C32H37N3O5/c1-21-33-29-27(30(36)38-5)18-26(19-28(29)35(21)31(37)40-32(2,3)4)24-11-9-23(10-12-24)25-8-6-7-22(17-25)20-34-13-15-39-16-14-34/h6-12,17-19,30,36H,13-16,20H2,1-5H3. The van der Waals surface area contributed by atoms with Crippen molar-refractivity contribution in [2.24, 2.45) is 0 Å². The zero-order valence-electron chi connectivity index (χ0n) is 23.8. The average Bonchev–Trinajstić information content (AvgIpc) is 3.27. The van der Waals surface area contributed by atoms with Crippen LogP contribution in [0.25, 0.3) is 33.3 Å². The number of imidazole rings is 1. The summed E-state index contributed by atoms with van der Waals surface area (Å²) in [5, 5.41) is 10.7. The quantitative estimate of drug-likeness (QED) is 0.302. The molecule has 4 aromatic rings. The zero-order chi connectivity index (χ0) is 28.4. The van der Waals surface area contributed by atoms with E-state index in [0.717, 1.165) is 55.1 Å². The molecule has 0 bridgehead atoms.